The van der Waals surface area contributed by atoms with E-state index >= 15 is 0 Å². The summed E-state index contributed by atoms with van der Waals surface area (Å²) in [5.74, 6) is -0.529. The Labute approximate surface area is 182 Å². The largest absolute Gasteiger partial charge is 0.354 e. The highest BCUT2D eigenvalue weighted by Crippen LogP contribution is 2.34. The molecule has 0 radical (unpaired) electrons. The van der Waals surface area contributed by atoms with Crippen LogP contribution < -0.4 is 10.7 Å². The van der Waals surface area contributed by atoms with Crippen molar-refractivity contribution in [3.8, 4) is 11.3 Å². The van der Waals surface area contributed by atoms with Gasteiger partial charge in [0.2, 0.25) is 5.91 Å². The normalized spacial score (nSPS) is 12.5. The number of aromatic nitrogens is 1. The Hall–Kier alpha value is -3.90. The van der Waals surface area contributed by atoms with Crippen LogP contribution in [0.1, 0.15) is 21.5 Å². The molecule has 5 rings (SSSR count). The lowest BCUT2D eigenvalue weighted by molar-refractivity contribution is -0.115. The summed E-state index contributed by atoms with van der Waals surface area (Å²) in [7, 11) is 0. The van der Waals surface area contributed by atoms with Crippen LogP contribution in [0.2, 0.25) is 5.02 Å². The molecule has 3 N–H and O–H groups in total. The molecule has 0 fully saturated rings. The Balaban J connectivity index is 1.55. The highest BCUT2D eigenvalue weighted by atomic mass is 35.5. The van der Waals surface area contributed by atoms with E-state index < -0.39 is 0 Å². The number of amides is 2. The molecule has 0 saturated carbocycles. The fraction of sp³-hybridized carbons (Fsp3) is 0.0417. The lowest BCUT2D eigenvalue weighted by atomic mass is 10.0. The van der Waals surface area contributed by atoms with E-state index in [1.807, 2.05) is 42.5 Å². The van der Waals surface area contributed by atoms with Crippen molar-refractivity contribution in [3.63, 3.8) is 0 Å². The summed E-state index contributed by atoms with van der Waals surface area (Å²) >= 11 is 6.01. The van der Waals surface area contributed by atoms with E-state index in [-0.39, 0.29) is 18.2 Å². The lowest BCUT2D eigenvalue weighted by Crippen LogP contribution is -2.18. The SMILES string of the molecule is O=C(Cc1cccc(Cl)c1)Nc1cc2c3c(c(-c4ccccc4)[nH]c3c1)C=NNC2=O. The molecule has 1 aliphatic heterocycles. The van der Waals surface area contributed by atoms with Crippen molar-refractivity contribution in [3.05, 3.63) is 88.4 Å². The molecule has 7 heteroatoms. The number of benzene rings is 3. The molecule has 1 aliphatic rings. The van der Waals surface area contributed by atoms with E-state index in [2.05, 4.69) is 20.8 Å². The fourth-order valence-electron chi connectivity index (χ4n) is 3.82. The van der Waals surface area contributed by atoms with Crippen molar-refractivity contribution in [2.24, 2.45) is 5.10 Å². The average Bonchev–Trinajstić information content (AvgIpc) is 3.03. The number of aromatic amines is 1. The molecule has 0 atom stereocenters. The summed E-state index contributed by atoms with van der Waals surface area (Å²) < 4.78 is 0. The highest BCUT2D eigenvalue weighted by molar-refractivity contribution is 6.30. The van der Waals surface area contributed by atoms with Crippen molar-refractivity contribution in [2.75, 3.05) is 5.32 Å². The number of nitrogens with zero attached hydrogens (tertiary/aromatic N) is 1. The number of hydrazone groups is 1. The van der Waals surface area contributed by atoms with Gasteiger partial charge in [0.05, 0.1) is 23.9 Å². The fourth-order valence-corrected chi connectivity index (χ4v) is 4.04. The zero-order chi connectivity index (χ0) is 21.4. The zero-order valence-electron chi connectivity index (χ0n) is 16.3. The van der Waals surface area contributed by atoms with Crippen molar-refractivity contribution in [1.82, 2.24) is 10.4 Å². The summed E-state index contributed by atoms with van der Waals surface area (Å²) in [6, 6.07) is 20.5. The van der Waals surface area contributed by atoms with Crippen molar-refractivity contribution >= 4 is 46.2 Å². The van der Waals surface area contributed by atoms with Gasteiger partial charge in [-0.2, -0.15) is 5.10 Å². The Morgan fingerprint density at radius 2 is 1.87 bits per heavy atom. The Bertz CT molecular complexity index is 1360. The summed E-state index contributed by atoms with van der Waals surface area (Å²) in [5, 5.41) is 8.30. The molecule has 31 heavy (non-hydrogen) atoms. The maximum absolute atomic E-state index is 12.6. The van der Waals surface area contributed by atoms with Crippen LogP contribution in [0.25, 0.3) is 22.2 Å². The molecule has 1 aromatic heterocycles. The molecule has 0 saturated heterocycles. The van der Waals surface area contributed by atoms with Crippen LogP contribution >= 0.6 is 11.6 Å². The number of carbonyl (C=O) groups excluding carboxylic acids is 2. The van der Waals surface area contributed by atoms with Crippen molar-refractivity contribution < 1.29 is 9.59 Å². The maximum atomic E-state index is 12.6. The van der Waals surface area contributed by atoms with Crippen molar-refractivity contribution in [1.29, 1.82) is 0 Å². The number of hydrogen-bond acceptors (Lipinski definition) is 3. The number of nitrogens with one attached hydrogen (secondary N) is 3. The van der Waals surface area contributed by atoms with Crippen LogP contribution in [0.3, 0.4) is 0 Å². The first kappa shape index (κ1) is 19.1. The van der Waals surface area contributed by atoms with Gasteiger partial charge in [0, 0.05) is 27.2 Å². The number of H-pyrrole nitrogens is 1. The van der Waals surface area contributed by atoms with Crippen LogP contribution in [0.5, 0.6) is 0 Å². The molecule has 0 unspecified atom stereocenters. The first-order chi connectivity index (χ1) is 15.1. The minimum absolute atomic E-state index is 0.175. The minimum atomic E-state index is -0.329. The van der Waals surface area contributed by atoms with Crippen LogP contribution in [-0.4, -0.2) is 23.0 Å². The highest BCUT2D eigenvalue weighted by Gasteiger charge is 2.22. The molecule has 2 amide bonds. The number of carbonyl (C=O) groups is 2. The van der Waals surface area contributed by atoms with E-state index in [0.717, 1.165) is 33.3 Å². The third kappa shape index (κ3) is 3.69. The van der Waals surface area contributed by atoms with E-state index in [1.165, 1.54) is 0 Å². The summed E-state index contributed by atoms with van der Waals surface area (Å²) in [6.45, 7) is 0. The standard InChI is InChI=1S/C24H17ClN4O2/c25-16-8-4-5-14(9-16)10-21(30)27-17-11-18-22-19(13-26-29-24(18)31)23(28-20(22)12-17)15-6-2-1-3-7-15/h1-9,11-13,28H,10H2,(H,27,30)(H,29,31). The molecular formula is C24H17ClN4O2. The number of rotatable bonds is 4. The van der Waals surface area contributed by atoms with Gasteiger partial charge in [-0.1, -0.05) is 54.1 Å². The smallest absolute Gasteiger partial charge is 0.272 e. The second-order valence-corrected chi connectivity index (χ2v) is 7.72. The quantitative estimate of drug-likeness (QED) is 0.438. The van der Waals surface area contributed by atoms with Crippen LogP contribution in [-0.2, 0) is 11.2 Å². The summed E-state index contributed by atoms with van der Waals surface area (Å²) in [5.41, 5.74) is 7.72. The van der Waals surface area contributed by atoms with Gasteiger partial charge in [-0.15, -0.1) is 0 Å². The van der Waals surface area contributed by atoms with Crippen molar-refractivity contribution in [2.45, 2.75) is 6.42 Å². The first-order valence-corrected chi connectivity index (χ1v) is 10.1. The van der Waals surface area contributed by atoms with Gasteiger partial charge in [0.15, 0.2) is 0 Å². The van der Waals surface area contributed by atoms with Gasteiger partial charge in [-0.25, -0.2) is 5.43 Å². The van der Waals surface area contributed by atoms with Gasteiger partial charge in [-0.3, -0.25) is 9.59 Å². The van der Waals surface area contributed by atoms with Crippen LogP contribution in [0.4, 0.5) is 5.69 Å². The second-order valence-electron chi connectivity index (χ2n) is 7.28. The Morgan fingerprint density at radius 3 is 2.68 bits per heavy atom. The molecule has 4 aromatic rings. The zero-order valence-corrected chi connectivity index (χ0v) is 17.0. The summed E-state index contributed by atoms with van der Waals surface area (Å²) in [6.07, 6.45) is 1.82. The number of hydrogen-bond donors (Lipinski definition) is 3. The molecule has 0 spiro atoms. The third-order valence-corrected chi connectivity index (χ3v) is 5.38. The predicted molar refractivity (Wildman–Crippen MR) is 123 cm³/mol. The number of anilines is 1. The molecule has 152 valence electrons. The average molecular weight is 429 g/mol. The van der Waals surface area contributed by atoms with E-state index in [0.29, 0.717) is 16.3 Å². The van der Waals surface area contributed by atoms with Gasteiger partial charge in [0.25, 0.3) is 5.91 Å². The third-order valence-electron chi connectivity index (χ3n) is 5.14. The van der Waals surface area contributed by atoms with Gasteiger partial charge >= 0.3 is 0 Å². The van der Waals surface area contributed by atoms with Gasteiger partial charge in [0.1, 0.15) is 0 Å². The van der Waals surface area contributed by atoms with Crippen LogP contribution in [0, 0.1) is 0 Å². The minimum Gasteiger partial charge on any atom is -0.354 e. The Kier molecular flexibility index (Phi) is 4.76. The maximum Gasteiger partial charge on any atom is 0.272 e. The monoisotopic (exact) mass is 428 g/mol. The molecule has 0 aliphatic carbocycles. The predicted octanol–water partition coefficient (Wildman–Crippen LogP) is 4.75. The topological polar surface area (TPSA) is 86.3 Å². The second kappa shape index (κ2) is 7.74. The van der Waals surface area contributed by atoms with E-state index in [9.17, 15) is 9.59 Å². The molecule has 3 aromatic carbocycles. The Morgan fingerprint density at radius 1 is 1.03 bits per heavy atom. The lowest BCUT2D eigenvalue weighted by Gasteiger charge is -2.09. The molecular weight excluding hydrogens is 412 g/mol. The van der Waals surface area contributed by atoms with Gasteiger partial charge < -0.3 is 10.3 Å². The van der Waals surface area contributed by atoms with E-state index in [1.54, 1.807) is 30.5 Å². The first-order valence-electron chi connectivity index (χ1n) is 9.71. The van der Waals surface area contributed by atoms with Gasteiger partial charge in [-0.05, 0) is 35.4 Å². The molecule has 2 heterocycles. The molecule has 0 bridgehead atoms. The summed E-state index contributed by atoms with van der Waals surface area (Å²) in [4.78, 5) is 28.6. The number of halogens is 1. The molecule has 6 nitrogen and oxygen atoms in total. The van der Waals surface area contributed by atoms with Crippen LogP contribution in [0.15, 0.2) is 71.8 Å². The van der Waals surface area contributed by atoms with E-state index in [4.69, 9.17) is 11.6 Å².